The molecular formula is C26H39Br2NO3. The summed E-state index contributed by atoms with van der Waals surface area (Å²) in [6.07, 6.45) is 11.3. The fourth-order valence-corrected chi connectivity index (χ4v) is 9.24. The first-order valence-electron chi connectivity index (χ1n) is 12.5. The number of Topliss-reactive ketones (excluding diaryl/α,β-unsaturated/α-hetero) is 1. The second-order valence-electron chi connectivity index (χ2n) is 11.7. The second kappa shape index (κ2) is 8.27. The van der Waals surface area contributed by atoms with Gasteiger partial charge in [-0.25, -0.2) is 4.58 Å². The number of nitrogens with zero attached hydrogens (tertiary/aromatic N) is 1. The Hall–Kier alpha value is -0.0400. The van der Waals surface area contributed by atoms with Crippen molar-refractivity contribution in [3.05, 3.63) is 11.6 Å². The lowest BCUT2D eigenvalue weighted by Gasteiger charge is -2.63. The molecule has 0 radical (unpaired) electrons. The number of alkyl halides is 1. The summed E-state index contributed by atoms with van der Waals surface area (Å²) in [5.74, 6) is 0.194. The van der Waals surface area contributed by atoms with E-state index in [9.17, 15) is 15.0 Å². The van der Waals surface area contributed by atoms with Crippen LogP contribution in [0.2, 0.25) is 0 Å². The first-order chi connectivity index (χ1) is 14.6. The first kappa shape index (κ1) is 25.1. The minimum atomic E-state index is -1.29. The van der Waals surface area contributed by atoms with Gasteiger partial charge in [0.25, 0.3) is 0 Å². The summed E-state index contributed by atoms with van der Waals surface area (Å²) in [6.45, 7) is 8.84. The Morgan fingerprint density at radius 3 is 2.47 bits per heavy atom. The van der Waals surface area contributed by atoms with Crippen LogP contribution < -0.4 is 17.0 Å². The van der Waals surface area contributed by atoms with Crippen LogP contribution in [0, 0.1) is 28.6 Å². The van der Waals surface area contributed by atoms with E-state index in [1.165, 1.54) is 37.2 Å². The maximum atomic E-state index is 12.9. The number of aliphatic hydroxyl groups is 2. The zero-order chi connectivity index (χ0) is 22.2. The molecule has 0 bridgehead atoms. The Morgan fingerprint density at radius 2 is 1.81 bits per heavy atom. The molecule has 7 atom stereocenters. The molecule has 4 nitrogen and oxygen atoms in total. The summed E-state index contributed by atoms with van der Waals surface area (Å²) in [7, 11) is 0. The van der Waals surface area contributed by atoms with Crippen molar-refractivity contribution in [2.75, 3.05) is 18.4 Å². The van der Waals surface area contributed by atoms with E-state index in [1.54, 1.807) is 0 Å². The Labute approximate surface area is 211 Å². The fourth-order valence-electron chi connectivity index (χ4n) is 8.81. The molecule has 0 amide bonds. The molecule has 1 heterocycles. The average molecular weight is 573 g/mol. The summed E-state index contributed by atoms with van der Waals surface area (Å²) in [4.78, 5) is 12.9. The van der Waals surface area contributed by atoms with Crippen molar-refractivity contribution in [3.8, 4) is 0 Å². The zero-order valence-corrected chi connectivity index (χ0v) is 23.0. The Bertz CT molecular complexity index is 863. The number of carbonyl (C=O) groups is 1. The quantitative estimate of drug-likeness (QED) is 0.387. The summed E-state index contributed by atoms with van der Waals surface area (Å²) >= 11 is 3.32. The van der Waals surface area contributed by atoms with E-state index >= 15 is 0 Å². The molecule has 32 heavy (non-hydrogen) atoms. The number of allylic oxidation sites excluding steroid dienone is 1. The van der Waals surface area contributed by atoms with E-state index in [4.69, 9.17) is 0 Å². The van der Waals surface area contributed by atoms with Crippen molar-refractivity contribution in [3.63, 3.8) is 0 Å². The molecule has 1 saturated heterocycles. The van der Waals surface area contributed by atoms with Gasteiger partial charge >= 0.3 is 0 Å². The summed E-state index contributed by atoms with van der Waals surface area (Å²) < 4.78 is 2.56. The Kier molecular flexibility index (Phi) is 6.48. The van der Waals surface area contributed by atoms with Gasteiger partial charge in [-0.15, -0.1) is 0 Å². The van der Waals surface area contributed by atoms with Crippen LogP contribution in [0.1, 0.15) is 78.6 Å². The van der Waals surface area contributed by atoms with Gasteiger partial charge in [-0.2, -0.15) is 0 Å². The Morgan fingerprint density at radius 1 is 1.12 bits per heavy atom. The molecule has 1 aliphatic heterocycles. The van der Waals surface area contributed by atoms with Crippen molar-refractivity contribution < 1.29 is 36.6 Å². The standard InChI is InChI=1S/C26H39BrNO3.BrH/c1-17-14-21-20-7-6-18-15-19(28-12-4-5-13-28)8-9-23(18,2)25(20,30)11-10-24(21,3)26(17,31)22(29)16-27;/h15,17,20-21,30-31H,4-14,16H2,1-3H3;1H/q+1;/p-1/t17?,20-,21-,23-,24-,25+,26-;/m0./s1. The first-order valence-corrected chi connectivity index (χ1v) is 13.6. The maximum Gasteiger partial charge on any atom is 0.175 e. The van der Waals surface area contributed by atoms with Crippen LogP contribution >= 0.6 is 15.9 Å². The number of ketones is 1. The van der Waals surface area contributed by atoms with Gasteiger partial charge in [0.15, 0.2) is 11.5 Å². The van der Waals surface area contributed by atoms with Crippen LogP contribution in [-0.4, -0.2) is 55.9 Å². The van der Waals surface area contributed by atoms with E-state index in [1.807, 2.05) is 6.92 Å². The maximum absolute atomic E-state index is 12.9. The Balaban J connectivity index is 0.00000245. The van der Waals surface area contributed by atoms with Crippen molar-refractivity contribution in [1.82, 2.24) is 0 Å². The van der Waals surface area contributed by atoms with Crippen molar-refractivity contribution in [2.24, 2.45) is 28.6 Å². The molecule has 180 valence electrons. The van der Waals surface area contributed by atoms with E-state index in [-0.39, 0.29) is 51.3 Å². The second-order valence-corrected chi connectivity index (χ2v) is 12.3. The van der Waals surface area contributed by atoms with Crippen LogP contribution in [0.5, 0.6) is 0 Å². The van der Waals surface area contributed by atoms with Crippen molar-refractivity contribution in [2.45, 2.75) is 89.8 Å². The lowest BCUT2D eigenvalue weighted by molar-refractivity contribution is -0.506. The van der Waals surface area contributed by atoms with Gasteiger partial charge < -0.3 is 27.2 Å². The third-order valence-electron chi connectivity index (χ3n) is 10.8. The molecule has 0 aromatic heterocycles. The third kappa shape index (κ3) is 3.04. The van der Waals surface area contributed by atoms with E-state index < -0.39 is 16.6 Å². The highest BCUT2D eigenvalue weighted by molar-refractivity contribution is 9.09. The number of hydrogen-bond acceptors (Lipinski definition) is 3. The lowest BCUT2D eigenvalue weighted by atomic mass is 9.44. The topological polar surface area (TPSA) is 60.5 Å². The molecule has 4 fully saturated rings. The van der Waals surface area contributed by atoms with E-state index in [2.05, 4.69) is 40.4 Å². The van der Waals surface area contributed by atoms with Crippen LogP contribution in [0.25, 0.3) is 0 Å². The molecule has 2 N–H and O–H groups in total. The fraction of sp³-hybridized carbons (Fsp3) is 0.846. The number of hydrogen-bond donors (Lipinski definition) is 2. The highest BCUT2D eigenvalue weighted by Gasteiger charge is 2.72. The van der Waals surface area contributed by atoms with Gasteiger partial charge in [0.2, 0.25) is 0 Å². The molecule has 5 aliphatic rings. The minimum absolute atomic E-state index is 0. The smallest absolute Gasteiger partial charge is 0.175 e. The third-order valence-corrected chi connectivity index (χ3v) is 11.3. The SMILES string of the molecule is CC1C[C@H]2[C@@H]3CCC4=CC(=[N+]5CCCC5)CC[C@]4(C)[C@@]3(O)CC[C@]2(C)[C@@]1(O)C(=O)CBr.[Br-]. The van der Waals surface area contributed by atoms with Gasteiger partial charge in [-0.1, -0.05) is 42.3 Å². The minimum Gasteiger partial charge on any atom is -1.00 e. The number of fused-ring (bicyclic) bond motifs is 5. The average Bonchev–Trinajstić information content (AvgIpc) is 3.35. The van der Waals surface area contributed by atoms with Crippen molar-refractivity contribution >= 4 is 27.4 Å². The predicted molar refractivity (Wildman–Crippen MR) is 126 cm³/mol. The molecule has 5 rings (SSSR count). The molecule has 0 spiro atoms. The molecule has 0 aromatic rings. The zero-order valence-electron chi connectivity index (χ0n) is 19.8. The molecule has 3 saturated carbocycles. The summed E-state index contributed by atoms with van der Waals surface area (Å²) in [5, 5.41) is 24.3. The van der Waals surface area contributed by atoms with Gasteiger partial charge in [-0.05, 0) is 56.3 Å². The van der Waals surface area contributed by atoms with Gasteiger partial charge in [-0.3, -0.25) is 4.79 Å². The predicted octanol–water partition coefficient (Wildman–Crippen LogP) is 1.26. The molecule has 0 aromatic carbocycles. The lowest BCUT2D eigenvalue weighted by Crippen LogP contribution is -3.00. The molecule has 1 unspecified atom stereocenters. The van der Waals surface area contributed by atoms with Gasteiger partial charge in [0.05, 0.1) is 10.9 Å². The van der Waals surface area contributed by atoms with Gasteiger partial charge in [0.1, 0.15) is 18.7 Å². The van der Waals surface area contributed by atoms with Crippen molar-refractivity contribution in [1.29, 1.82) is 0 Å². The van der Waals surface area contributed by atoms with Crippen LogP contribution in [0.15, 0.2) is 11.6 Å². The number of rotatable bonds is 2. The highest BCUT2D eigenvalue weighted by Crippen LogP contribution is 2.70. The summed E-state index contributed by atoms with van der Waals surface area (Å²) in [6, 6.07) is 0. The largest absolute Gasteiger partial charge is 1.00 e. The van der Waals surface area contributed by atoms with Crippen LogP contribution in [0.3, 0.4) is 0 Å². The molecule has 4 aliphatic carbocycles. The number of halogens is 2. The molecule has 6 heteroatoms. The van der Waals surface area contributed by atoms with Crippen LogP contribution in [0.4, 0.5) is 0 Å². The molecular weight excluding hydrogens is 534 g/mol. The highest BCUT2D eigenvalue weighted by atomic mass is 79.9. The van der Waals surface area contributed by atoms with E-state index in [0.717, 1.165) is 38.5 Å². The monoisotopic (exact) mass is 571 g/mol. The van der Waals surface area contributed by atoms with Crippen LogP contribution in [-0.2, 0) is 4.79 Å². The number of carbonyl (C=O) groups excluding carboxylic acids is 1. The normalized spacial score (nSPS) is 47.8. The van der Waals surface area contributed by atoms with E-state index in [0.29, 0.717) is 6.42 Å². The summed E-state index contributed by atoms with van der Waals surface area (Å²) in [5.41, 5.74) is 0.264. The van der Waals surface area contributed by atoms with Gasteiger partial charge in [0, 0.05) is 36.2 Å².